The number of carbonyl (C=O) groups excluding carboxylic acids is 1. The highest BCUT2D eigenvalue weighted by Crippen LogP contribution is 2.33. The van der Waals surface area contributed by atoms with E-state index in [1.807, 2.05) is 6.08 Å². The monoisotopic (exact) mass is 1520 g/mol. The van der Waals surface area contributed by atoms with Crippen LogP contribution in [0.2, 0.25) is 0 Å². The first-order valence-corrected chi connectivity index (χ1v) is 44.0. The van der Waals surface area contributed by atoms with Crippen LogP contribution in [0, 0.1) is 0 Å². The van der Waals surface area contributed by atoms with Gasteiger partial charge in [-0.3, -0.25) is 4.79 Å². The molecule has 1 amide bonds. The Hall–Kier alpha value is -2.51. The maximum atomic E-state index is 13.5. The lowest BCUT2D eigenvalue weighted by Crippen LogP contribution is -2.66. The molecule has 0 saturated carbocycles. The Balaban J connectivity index is 1.31. The zero-order valence-corrected chi connectivity index (χ0v) is 67.4. The van der Waals surface area contributed by atoms with E-state index in [-0.39, 0.29) is 18.9 Å². The summed E-state index contributed by atoms with van der Waals surface area (Å²) in [5, 5.41) is 121. The normalized spacial score (nSPS) is 25.8. The average molecular weight is 1520 g/mol. The highest BCUT2D eigenvalue weighted by molar-refractivity contribution is 5.76. The standard InChI is InChI=1S/C88H161NO18/c1-3-5-7-9-11-13-15-17-19-21-23-25-27-28-29-30-31-32-33-34-35-36-37-38-39-40-41-42-44-46-48-50-52-54-56-58-60-62-64-66-76(94)89-71(72(93)65-63-61-59-57-55-53-51-49-47-45-43-26-24-22-20-18-16-14-12-10-8-6-4-2)70-102-86-82(100)79(97)84(74(68-91)104-86)107-88-83(101)80(98)85(75(69-92)105-88)106-87-81(99)78(96)77(95)73(67-90)103-87/h15,17,21,23,27-28,55,57,63,65,71-75,77-88,90-93,95-101H,3-14,16,18-20,22,24-26,29-54,56,58-62,64,66-70H2,1-2H3,(H,89,94)/b17-15-,23-21-,28-27-,57-55+,65-63+. The number of allylic oxidation sites excluding steroid dienone is 9. The lowest BCUT2D eigenvalue weighted by molar-refractivity contribution is -0.379. The summed E-state index contributed by atoms with van der Waals surface area (Å²) >= 11 is 0. The average Bonchev–Trinajstić information content (AvgIpc) is 0.781. The number of hydrogen-bond acceptors (Lipinski definition) is 18. The topological polar surface area (TPSA) is 307 Å². The summed E-state index contributed by atoms with van der Waals surface area (Å²) in [7, 11) is 0. The maximum absolute atomic E-state index is 13.5. The largest absolute Gasteiger partial charge is 0.394 e. The molecule has 3 aliphatic rings. The van der Waals surface area contributed by atoms with Crippen LogP contribution in [0.15, 0.2) is 60.8 Å². The molecule has 17 unspecified atom stereocenters. The first-order chi connectivity index (χ1) is 52.3. The zero-order chi connectivity index (χ0) is 77.4. The van der Waals surface area contributed by atoms with Crippen LogP contribution < -0.4 is 5.32 Å². The van der Waals surface area contributed by atoms with Gasteiger partial charge in [-0.1, -0.05) is 344 Å². The second kappa shape index (κ2) is 67.9. The highest BCUT2D eigenvalue weighted by Gasteiger charge is 2.54. The van der Waals surface area contributed by atoms with Crippen molar-refractivity contribution in [2.45, 2.75) is 465 Å². The summed E-state index contributed by atoms with van der Waals surface area (Å²) in [6.07, 6.45) is 62.4. The molecule has 0 radical (unpaired) electrons. The molecule has 0 aromatic heterocycles. The van der Waals surface area contributed by atoms with Gasteiger partial charge in [-0.2, -0.15) is 0 Å². The van der Waals surface area contributed by atoms with Crippen molar-refractivity contribution in [3.05, 3.63) is 60.8 Å². The quantitative estimate of drug-likeness (QED) is 0.0199. The molecule has 626 valence electrons. The van der Waals surface area contributed by atoms with E-state index in [1.54, 1.807) is 6.08 Å². The number of hydrogen-bond donors (Lipinski definition) is 12. The fourth-order valence-electron chi connectivity index (χ4n) is 14.7. The molecular weight excluding hydrogens is 1360 g/mol. The predicted octanol–water partition coefficient (Wildman–Crippen LogP) is 16.2. The molecular formula is C88H161NO18. The van der Waals surface area contributed by atoms with Gasteiger partial charge in [0.1, 0.15) is 73.2 Å². The summed E-state index contributed by atoms with van der Waals surface area (Å²) < 4.78 is 34.5. The Morgan fingerprint density at radius 2 is 0.626 bits per heavy atom. The molecule has 3 rings (SSSR count). The fourth-order valence-corrected chi connectivity index (χ4v) is 14.7. The second-order valence-corrected chi connectivity index (χ2v) is 31.3. The Labute approximate surface area is 649 Å². The van der Waals surface area contributed by atoms with E-state index in [4.69, 9.17) is 28.4 Å². The minimum atomic E-state index is -1.98. The van der Waals surface area contributed by atoms with E-state index < -0.39 is 124 Å². The number of amides is 1. The molecule has 3 aliphatic heterocycles. The van der Waals surface area contributed by atoms with Crippen LogP contribution in [-0.4, -0.2) is 193 Å². The van der Waals surface area contributed by atoms with E-state index in [0.29, 0.717) is 12.8 Å². The Bertz CT molecular complexity index is 2160. The number of ether oxygens (including phenoxy) is 6. The van der Waals surface area contributed by atoms with Crippen LogP contribution in [0.25, 0.3) is 0 Å². The molecule has 3 saturated heterocycles. The number of nitrogens with one attached hydrogen (secondary N) is 1. The molecule has 0 aromatic rings. The van der Waals surface area contributed by atoms with Gasteiger partial charge in [0, 0.05) is 6.42 Å². The van der Waals surface area contributed by atoms with E-state index in [1.165, 1.54) is 276 Å². The molecule has 0 spiro atoms. The fraction of sp³-hybridized carbons (Fsp3) is 0.875. The maximum Gasteiger partial charge on any atom is 0.220 e. The Morgan fingerprint density at radius 3 is 1.00 bits per heavy atom. The van der Waals surface area contributed by atoms with Crippen molar-refractivity contribution in [2.24, 2.45) is 0 Å². The molecule has 0 aromatic carbocycles. The van der Waals surface area contributed by atoms with Crippen molar-refractivity contribution >= 4 is 5.91 Å². The summed E-state index contributed by atoms with van der Waals surface area (Å²) in [5.41, 5.74) is 0. The van der Waals surface area contributed by atoms with E-state index in [9.17, 15) is 61.0 Å². The van der Waals surface area contributed by atoms with Gasteiger partial charge >= 0.3 is 0 Å². The van der Waals surface area contributed by atoms with Crippen molar-refractivity contribution in [3.8, 4) is 0 Å². The van der Waals surface area contributed by atoms with Crippen LogP contribution in [0.1, 0.15) is 361 Å². The van der Waals surface area contributed by atoms with Crippen LogP contribution in [0.4, 0.5) is 0 Å². The van der Waals surface area contributed by atoms with Gasteiger partial charge in [-0.25, -0.2) is 0 Å². The SMILES string of the molecule is CCCCCCC/C=C\C/C=C\C/C=C\CCCCCCCCCCCCCCCCCCCCCCCCCCC(=O)NC(COC1OC(CO)C(OC2OC(CO)C(OC3OC(CO)C(O)C(O)C3O)C(O)C2O)C(O)C1O)C(O)/C=C/CC/C=C/CCCCCCCCCCCCCCCCCCC. The van der Waals surface area contributed by atoms with Crippen LogP contribution in [0.3, 0.4) is 0 Å². The van der Waals surface area contributed by atoms with Gasteiger partial charge in [0.15, 0.2) is 18.9 Å². The van der Waals surface area contributed by atoms with Crippen molar-refractivity contribution in [1.29, 1.82) is 0 Å². The van der Waals surface area contributed by atoms with Gasteiger partial charge in [-0.15, -0.1) is 0 Å². The molecule has 19 heteroatoms. The van der Waals surface area contributed by atoms with E-state index >= 15 is 0 Å². The number of rotatable bonds is 71. The van der Waals surface area contributed by atoms with Gasteiger partial charge < -0.3 is 89.9 Å². The molecule has 17 atom stereocenters. The van der Waals surface area contributed by atoms with Gasteiger partial charge in [0.05, 0.1) is 38.6 Å². The third-order valence-electron chi connectivity index (χ3n) is 21.8. The summed E-state index contributed by atoms with van der Waals surface area (Å²) in [6.45, 7) is 1.76. The first kappa shape index (κ1) is 98.7. The van der Waals surface area contributed by atoms with Crippen molar-refractivity contribution in [3.63, 3.8) is 0 Å². The van der Waals surface area contributed by atoms with Crippen LogP contribution >= 0.6 is 0 Å². The number of aliphatic hydroxyl groups excluding tert-OH is 11. The number of carbonyl (C=O) groups is 1. The number of unbranched alkanes of at least 4 members (excludes halogenated alkanes) is 47. The molecule has 107 heavy (non-hydrogen) atoms. The third kappa shape index (κ3) is 47.1. The summed E-state index contributed by atoms with van der Waals surface area (Å²) in [6, 6.07) is -0.992. The van der Waals surface area contributed by atoms with E-state index in [0.717, 1.165) is 51.4 Å². The lowest BCUT2D eigenvalue weighted by Gasteiger charge is -2.48. The zero-order valence-electron chi connectivity index (χ0n) is 67.4. The molecule has 3 fully saturated rings. The van der Waals surface area contributed by atoms with Crippen molar-refractivity contribution in [1.82, 2.24) is 5.32 Å². The van der Waals surface area contributed by atoms with Crippen LogP contribution in [-0.2, 0) is 33.2 Å². The first-order valence-electron chi connectivity index (χ1n) is 44.0. The molecule has 3 heterocycles. The molecule has 0 aliphatic carbocycles. The van der Waals surface area contributed by atoms with Crippen molar-refractivity contribution < 1.29 is 89.4 Å². The van der Waals surface area contributed by atoms with Gasteiger partial charge in [0.25, 0.3) is 0 Å². The summed E-state index contributed by atoms with van der Waals surface area (Å²) in [5.74, 6) is -0.279. The molecule has 12 N–H and O–H groups in total. The Kier molecular flexibility index (Phi) is 62.7. The van der Waals surface area contributed by atoms with Gasteiger partial charge in [0.2, 0.25) is 5.91 Å². The van der Waals surface area contributed by atoms with Crippen LogP contribution in [0.5, 0.6) is 0 Å². The second-order valence-electron chi connectivity index (χ2n) is 31.3. The summed E-state index contributed by atoms with van der Waals surface area (Å²) in [4.78, 5) is 13.5. The third-order valence-corrected chi connectivity index (χ3v) is 21.8. The number of aliphatic hydroxyl groups is 11. The van der Waals surface area contributed by atoms with Gasteiger partial charge in [-0.05, 0) is 70.6 Å². The predicted molar refractivity (Wildman–Crippen MR) is 429 cm³/mol. The molecule has 0 bridgehead atoms. The highest BCUT2D eigenvalue weighted by atomic mass is 16.8. The Morgan fingerprint density at radius 1 is 0.336 bits per heavy atom. The minimum absolute atomic E-state index is 0.238. The molecule has 19 nitrogen and oxygen atoms in total. The van der Waals surface area contributed by atoms with E-state index in [2.05, 4.69) is 67.8 Å². The minimum Gasteiger partial charge on any atom is -0.394 e. The van der Waals surface area contributed by atoms with Crippen molar-refractivity contribution in [2.75, 3.05) is 26.4 Å². The smallest absolute Gasteiger partial charge is 0.220 e. The lowest BCUT2D eigenvalue weighted by atomic mass is 9.96.